The predicted molar refractivity (Wildman–Crippen MR) is 89.2 cm³/mol. The van der Waals surface area contributed by atoms with Crippen LogP contribution in [0.4, 0.5) is 0 Å². The first-order valence-electron chi connectivity index (χ1n) is 8.74. The van der Waals surface area contributed by atoms with Crippen LogP contribution >= 0.6 is 15.9 Å². The second kappa shape index (κ2) is 13.1. The van der Waals surface area contributed by atoms with Crippen molar-refractivity contribution >= 4 is 15.9 Å². The van der Waals surface area contributed by atoms with Crippen molar-refractivity contribution in [1.29, 1.82) is 0 Å². The van der Waals surface area contributed by atoms with E-state index in [4.69, 9.17) is 9.47 Å². The minimum absolute atomic E-state index is 0.0340. The van der Waals surface area contributed by atoms with Crippen molar-refractivity contribution in [3.05, 3.63) is 0 Å². The van der Waals surface area contributed by atoms with Gasteiger partial charge in [-0.2, -0.15) is 0 Å². The third-order valence-corrected chi connectivity index (χ3v) is 4.65. The Bertz CT molecular complexity index is 205. The Balaban J connectivity index is 1.83. The van der Waals surface area contributed by atoms with Gasteiger partial charge in [0.05, 0.1) is 0 Å². The minimum atomic E-state index is 0.0340. The zero-order valence-corrected chi connectivity index (χ0v) is 14.8. The van der Waals surface area contributed by atoms with Crippen molar-refractivity contribution in [2.45, 2.75) is 102 Å². The van der Waals surface area contributed by atoms with Gasteiger partial charge in [-0.1, -0.05) is 74.2 Å². The molecule has 1 fully saturated rings. The van der Waals surface area contributed by atoms with Gasteiger partial charge in [-0.05, 0) is 32.1 Å². The summed E-state index contributed by atoms with van der Waals surface area (Å²) >= 11 is 3.62. The van der Waals surface area contributed by atoms with E-state index in [1.54, 1.807) is 0 Å². The normalized spacial score (nSPS) is 21.0. The van der Waals surface area contributed by atoms with Gasteiger partial charge in [0.2, 0.25) is 0 Å². The van der Waals surface area contributed by atoms with Crippen LogP contribution in [0.2, 0.25) is 0 Å². The molecule has 0 spiro atoms. The molecule has 0 amide bonds. The van der Waals surface area contributed by atoms with Crippen molar-refractivity contribution < 1.29 is 9.47 Å². The monoisotopic (exact) mass is 348 g/mol. The van der Waals surface area contributed by atoms with Crippen LogP contribution in [-0.2, 0) is 9.47 Å². The number of hydrogen-bond acceptors (Lipinski definition) is 2. The van der Waals surface area contributed by atoms with Gasteiger partial charge >= 0.3 is 0 Å². The predicted octanol–water partition coefficient (Wildman–Crippen LogP) is 6.17. The molecule has 1 aliphatic rings. The van der Waals surface area contributed by atoms with E-state index >= 15 is 0 Å². The Hall–Kier alpha value is 0.400. The third-order valence-electron chi connectivity index (χ3n) is 3.97. The maximum absolute atomic E-state index is 5.86. The van der Waals surface area contributed by atoms with E-state index in [0.29, 0.717) is 0 Å². The molecule has 0 aromatic rings. The number of hydrogen-bond donors (Lipinski definition) is 0. The summed E-state index contributed by atoms with van der Waals surface area (Å²) in [5.74, 6) is 0. The first-order chi connectivity index (χ1) is 9.83. The summed E-state index contributed by atoms with van der Waals surface area (Å²) in [6.07, 6.45) is 17.0. The van der Waals surface area contributed by atoms with Crippen LogP contribution < -0.4 is 0 Å². The molecule has 0 N–H and O–H groups in total. The summed E-state index contributed by atoms with van der Waals surface area (Å²) in [6.45, 7) is 3.14. The van der Waals surface area contributed by atoms with Gasteiger partial charge in [0.1, 0.15) is 5.01 Å². The van der Waals surface area contributed by atoms with Crippen LogP contribution in [0.3, 0.4) is 0 Å². The van der Waals surface area contributed by atoms with Crippen LogP contribution in [0.1, 0.15) is 90.4 Å². The van der Waals surface area contributed by atoms with Gasteiger partial charge in [0, 0.05) is 6.61 Å². The molecule has 20 heavy (non-hydrogen) atoms. The lowest BCUT2D eigenvalue weighted by molar-refractivity contribution is -0.169. The highest BCUT2D eigenvalue weighted by Gasteiger charge is 2.17. The molecular weight excluding hydrogens is 316 g/mol. The summed E-state index contributed by atoms with van der Waals surface area (Å²) in [7, 11) is 0. The Morgan fingerprint density at radius 3 is 2.25 bits per heavy atom. The summed E-state index contributed by atoms with van der Waals surface area (Å²) in [6, 6.07) is 0. The second-order valence-electron chi connectivity index (χ2n) is 5.96. The molecule has 0 aromatic carbocycles. The minimum Gasteiger partial charge on any atom is -0.353 e. The lowest BCUT2D eigenvalue weighted by atomic mass is 10.1. The fraction of sp³-hybridized carbons (Fsp3) is 1.00. The lowest BCUT2D eigenvalue weighted by Gasteiger charge is -2.25. The van der Waals surface area contributed by atoms with E-state index in [-0.39, 0.29) is 11.3 Å². The number of alkyl halides is 1. The molecule has 0 aliphatic carbocycles. The van der Waals surface area contributed by atoms with Gasteiger partial charge in [-0.15, -0.1) is 0 Å². The molecule has 1 heterocycles. The van der Waals surface area contributed by atoms with E-state index < -0.39 is 0 Å². The summed E-state index contributed by atoms with van der Waals surface area (Å²) < 4.78 is 11.4. The molecule has 1 aliphatic heterocycles. The van der Waals surface area contributed by atoms with Crippen molar-refractivity contribution in [1.82, 2.24) is 0 Å². The fourth-order valence-electron chi connectivity index (χ4n) is 2.67. The Kier molecular flexibility index (Phi) is 12.1. The van der Waals surface area contributed by atoms with Crippen molar-refractivity contribution in [2.24, 2.45) is 0 Å². The van der Waals surface area contributed by atoms with E-state index in [2.05, 4.69) is 22.9 Å². The standard InChI is InChI=1S/C17H33BrO2/c1-2-3-4-5-6-7-8-9-10-13-16(18)20-17-14-11-12-15-19-17/h16-17H,2-15H2,1H3. The highest BCUT2D eigenvalue weighted by molar-refractivity contribution is 9.09. The molecule has 1 rings (SSSR count). The highest BCUT2D eigenvalue weighted by atomic mass is 79.9. The second-order valence-corrected chi connectivity index (χ2v) is 6.98. The van der Waals surface area contributed by atoms with Crippen molar-refractivity contribution in [3.63, 3.8) is 0 Å². The molecule has 120 valence electrons. The maximum Gasteiger partial charge on any atom is 0.159 e. The largest absolute Gasteiger partial charge is 0.353 e. The molecule has 0 radical (unpaired) electrons. The Morgan fingerprint density at radius 2 is 1.65 bits per heavy atom. The molecule has 1 saturated heterocycles. The third kappa shape index (κ3) is 10.2. The lowest BCUT2D eigenvalue weighted by Crippen LogP contribution is -2.25. The van der Waals surface area contributed by atoms with Crippen LogP contribution in [0.15, 0.2) is 0 Å². The van der Waals surface area contributed by atoms with Crippen LogP contribution in [0.5, 0.6) is 0 Å². The smallest absolute Gasteiger partial charge is 0.159 e. The molecule has 2 nitrogen and oxygen atoms in total. The number of rotatable bonds is 12. The Labute approximate surface area is 134 Å². The zero-order valence-electron chi connectivity index (χ0n) is 13.2. The van der Waals surface area contributed by atoms with E-state index in [1.807, 2.05) is 0 Å². The molecule has 2 atom stereocenters. The summed E-state index contributed by atoms with van der Waals surface area (Å²) in [5.41, 5.74) is 0. The van der Waals surface area contributed by atoms with Gasteiger partial charge in [-0.25, -0.2) is 0 Å². The first kappa shape index (κ1) is 18.4. The van der Waals surface area contributed by atoms with Crippen LogP contribution in [0.25, 0.3) is 0 Å². The SMILES string of the molecule is CCCCCCCCCCCC(Br)OC1CCCCO1. The van der Waals surface area contributed by atoms with E-state index in [0.717, 1.165) is 19.4 Å². The summed E-state index contributed by atoms with van der Waals surface area (Å²) in [4.78, 5) is 0. The zero-order chi connectivity index (χ0) is 14.5. The van der Waals surface area contributed by atoms with Gasteiger partial charge in [0.25, 0.3) is 0 Å². The molecule has 0 bridgehead atoms. The Morgan fingerprint density at radius 1 is 1.00 bits per heavy atom. The van der Waals surface area contributed by atoms with Gasteiger partial charge < -0.3 is 9.47 Å². The summed E-state index contributed by atoms with van der Waals surface area (Å²) in [5, 5.41) is 0.176. The molecule has 0 aromatic heterocycles. The molecule has 2 unspecified atom stereocenters. The number of ether oxygens (including phenoxy) is 2. The van der Waals surface area contributed by atoms with E-state index in [9.17, 15) is 0 Å². The van der Waals surface area contributed by atoms with Crippen LogP contribution in [-0.4, -0.2) is 17.9 Å². The van der Waals surface area contributed by atoms with Gasteiger partial charge in [0.15, 0.2) is 6.29 Å². The van der Waals surface area contributed by atoms with Crippen LogP contribution in [0, 0.1) is 0 Å². The molecule has 0 saturated carbocycles. The first-order valence-corrected chi connectivity index (χ1v) is 9.65. The fourth-order valence-corrected chi connectivity index (χ4v) is 3.23. The maximum atomic E-state index is 5.86. The molecule has 3 heteroatoms. The number of unbranched alkanes of at least 4 members (excludes halogenated alkanes) is 8. The van der Waals surface area contributed by atoms with Crippen molar-refractivity contribution in [3.8, 4) is 0 Å². The topological polar surface area (TPSA) is 18.5 Å². The molecular formula is C17H33BrO2. The van der Waals surface area contributed by atoms with Gasteiger partial charge in [-0.3, -0.25) is 0 Å². The average Bonchev–Trinajstić information content (AvgIpc) is 2.46. The highest BCUT2D eigenvalue weighted by Crippen LogP contribution is 2.21. The number of halogens is 1. The quantitative estimate of drug-likeness (QED) is 0.310. The average molecular weight is 349 g/mol. The van der Waals surface area contributed by atoms with Crippen molar-refractivity contribution in [2.75, 3.05) is 6.61 Å². The van der Waals surface area contributed by atoms with E-state index in [1.165, 1.54) is 70.6 Å².